The van der Waals surface area contributed by atoms with Crippen molar-refractivity contribution < 1.29 is 14.4 Å². The number of fused-ring (bicyclic) bond motifs is 1. The number of rotatable bonds is 4. The number of amides is 3. The number of nitrogens with zero attached hydrogens (tertiary/aromatic N) is 4. The lowest BCUT2D eigenvalue weighted by atomic mass is 10.1. The molecule has 0 unspecified atom stereocenters. The quantitative estimate of drug-likeness (QED) is 0.722. The molecule has 1 aliphatic heterocycles. The van der Waals surface area contributed by atoms with Gasteiger partial charge in [0.25, 0.3) is 11.8 Å². The van der Waals surface area contributed by atoms with Crippen LogP contribution in [0.1, 0.15) is 20.7 Å². The van der Waals surface area contributed by atoms with Gasteiger partial charge in [-0.15, -0.1) is 0 Å². The number of anilines is 1. The topological polar surface area (TPSA) is 97.2 Å². The highest BCUT2D eigenvalue weighted by Crippen LogP contribution is 2.23. The summed E-state index contributed by atoms with van der Waals surface area (Å²) in [4.78, 5) is 42.0. The number of imide groups is 1. The molecule has 0 spiro atoms. The number of nitrogens with one attached hydrogen (secondary N) is 1. The van der Waals surface area contributed by atoms with Crippen LogP contribution >= 0.6 is 0 Å². The zero-order chi connectivity index (χ0) is 18.1. The first-order chi connectivity index (χ1) is 12.6. The minimum Gasteiger partial charge on any atom is -0.323 e. The monoisotopic (exact) mass is 347 g/mol. The maximum Gasteiger partial charge on any atom is 0.262 e. The zero-order valence-corrected chi connectivity index (χ0v) is 13.5. The van der Waals surface area contributed by atoms with Gasteiger partial charge in [0, 0.05) is 0 Å². The van der Waals surface area contributed by atoms with Crippen molar-refractivity contribution >= 4 is 23.4 Å². The first-order valence-electron chi connectivity index (χ1n) is 7.84. The van der Waals surface area contributed by atoms with Gasteiger partial charge in [-0.1, -0.05) is 24.3 Å². The zero-order valence-electron chi connectivity index (χ0n) is 13.5. The Kier molecular flexibility index (Phi) is 3.77. The van der Waals surface area contributed by atoms with Crippen LogP contribution in [0.5, 0.6) is 0 Å². The standard InChI is InChI=1S/C18H13N5O3/c24-16(9-22-17(25)12-5-1-2-6-13(12)18(22)26)21-14-7-3-4-8-15(14)23-11-19-10-20-23/h1-8,10-11H,9H2,(H,21,24). The number of hydrogen-bond donors (Lipinski definition) is 1. The van der Waals surface area contributed by atoms with Crippen molar-refractivity contribution in [1.82, 2.24) is 19.7 Å². The molecule has 0 fully saturated rings. The van der Waals surface area contributed by atoms with Gasteiger partial charge in [-0.05, 0) is 24.3 Å². The van der Waals surface area contributed by atoms with Crippen molar-refractivity contribution in [3.63, 3.8) is 0 Å². The molecule has 4 rings (SSSR count). The summed E-state index contributed by atoms with van der Waals surface area (Å²) in [6, 6.07) is 13.6. The lowest BCUT2D eigenvalue weighted by Crippen LogP contribution is -2.37. The highest BCUT2D eigenvalue weighted by atomic mass is 16.2. The van der Waals surface area contributed by atoms with E-state index in [4.69, 9.17) is 0 Å². The highest BCUT2D eigenvalue weighted by Gasteiger charge is 2.36. The van der Waals surface area contributed by atoms with E-state index in [1.54, 1.807) is 48.5 Å². The predicted octanol–water partition coefficient (Wildman–Crippen LogP) is 1.50. The Morgan fingerprint density at radius 3 is 2.27 bits per heavy atom. The fourth-order valence-electron chi connectivity index (χ4n) is 2.83. The third-order valence-corrected chi connectivity index (χ3v) is 4.02. The second kappa shape index (κ2) is 6.25. The van der Waals surface area contributed by atoms with Crippen LogP contribution in [0.4, 0.5) is 5.69 Å². The first kappa shape index (κ1) is 15.7. The van der Waals surface area contributed by atoms with Crippen molar-refractivity contribution in [3.05, 3.63) is 72.3 Å². The van der Waals surface area contributed by atoms with Gasteiger partial charge in [-0.3, -0.25) is 19.3 Å². The molecule has 0 atom stereocenters. The lowest BCUT2D eigenvalue weighted by Gasteiger charge is -2.15. The maximum absolute atomic E-state index is 12.4. The average molecular weight is 347 g/mol. The second-order valence-corrected chi connectivity index (χ2v) is 5.65. The third kappa shape index (κ3) is 2.63. The molecule has 8 heteroatoms. The van der Waals surface area contributed by atoms with Gasteiger partial charge in [-0.2, -0.15) is 5.10 Å². The number of aromatic nitrogens is 3. The molecule has 0 aliphatic carbocycles. The molecule has 3 amide bonds. The first-order valence-corrected chi connectivity index (χ1v) is 7.84. The normalized spacial score (nSPS) is 13.0. The summed E-state index contributed by atoms with van der Waals surface area (Å²) in [5.74, 6) is -1.41. The van der Waals surface area contributed by atoms with Crippen LogP contribution in [0, 0.1) is 0 Å². The molecule has 8 nitrogen and oxygen atoms in total. The fraction of sp³-hybridized carbons (Fsp3) is 0.0556. The number of para-hydroxylation sites is 2. The van der Waals surface area contributed by atoms with Crippen LogP contribution in [-0.2, 0) is 4.79 Å². The van der Waals surface area contributed by atoms with Crippen LogP contribution in [-0.4, -0.2) is 43.9 Å². The summed E-state index contributed by atoms with van der Waals surface area (Å²) >= 11 is 0. The third-order valence-electron chi connectivity index (χ3n) is 4.02. The Bertz CT molecular complexity index is 978. The van der Waals surface area contributed by atoms with Crippen molar-refractivity contribution in [2.75, 3.05) is 11.9 Å². The smallest absolute Gasteiger partial charge is 0.262 e. The molecular weight excluding hydrogens is 334 g/mol. The molecule has 0 bridgehead atoms. The van der Waals surface area contributed by atoms with Crippen molar-refractivity contribution in [1.29, 1.82) is 0 Å². The molecule has 1 aromatic heterocycles. The Morgan fingerprint density at radius 1 is 0.962 bits per heavy atom. The second-order valence-electron chi connectivity index (χ2n) is 5.65. The molecule has 3 aromatic rings. The van der Waals surface area contributed by atoms with Crippen molar-refractivity contribution in [2.24, 2.45) is 0 Å². The summed E-state index contributed by atoms with van der Waals surface area (Å²) in [5, 5.41) is 6.76. The van der Waals surface area contributed by atoms with Crippen LogP contribution in [0.3, 0.4) is 0 Å². The van der Waals surface area contributed by atoms with Gasteiger partial charge in [0.1, 0.15) is 19.2 Å². The Morgan fingerprint density at radius 2 is 1.62 bits per heavy atom. The molecule has 1 N–H and O–H groups in total. The van der Waals surface area contributed by atoms with Gasteiger partial charge < -0.3 is 5.32 Å². The van der Waals surface area contributed by atoms with E-state index in [-0.39, 0.29) is 6.54 Å². The van der Waals surface area contributed by atoms with Crippen LogP contribution in [0.2, 0.25) is 0 Å². The molecule has 128 valence electrons. The van der Waals surface area contributed by atoms with Crippen LogP contribution in [0.15, 0.2) is 61.2 Å². The van der Waals surface area contributed by atoms with Crippen LogP contribution in [0.25, 0.3) is 5.69 Å². The number of carbonyl (C=O) groups excluding carboxylic acids is 3. The van der Waals surface area contributed by atoms with Gasteiger partial charge in [-0.25, -0.2) is 9.67 Å². The van der Waals surface area contributed by atoms with Crippen molar-refractivity contribution in [3.8, 4) is 5.69 Å². The molecule has 0 saturated heterocycles. The number of hydrogen-bond acceptors (Lipinski definition) is 5. The van der Waals surface area contributed by atoms with Crippen molar-refractivity contribution in [2.45, 2.75) is 0 Å². The Hall–Kier alpha value is -3.81. The Labute approximate surface area is 148 Å². The fourth-order valence-corrected chi connectivity index (χ4v) is 2.83. The SMILES string of the molecule is O=C(CN1C(=O)c2ccccc2C1=O)Nc1ccccc1-n1cncn1. The molecule has 0 radical (unpaired) electrons. The summed E-state index contributed by atoms with van der Waals surface area (Å²) in [6.45, 7) is -0.363. The van der Waals surface area contributed by atoms with E-state index in [9.17, 15) is 14.4 Å². The molecular formula is C18H13N5O3. The molecule has 26 heavy (non-hydrogen) atoms. The van der Waals surface area contributed by atoms with E-state index in [1.807, 2.05) is 0 Å². The van der Waals surface area contributed by atoms with Crippen LogP contribution < -0.4 is 5.32 Å². The van der Waals surface area contributed by atoms with E-state index in [2.05, 4.69) is 15.4 Å². The average Bonchev–Trinajstić information content (AvgIpc) is 3.26. The predicted molar refractivity (Wildman–Crippen MR) is 91.8 cm³/mol. The molecule has 2 aromatic carbocycles. The summed E-state index contributed by atoms with van der Waals surface area (Å²) < 4.78 is 1.51. The largest absolute Gasteiger partial charge is 0.323 e. The van der Waals surface area contributed by atoms with Gasteiger partial charge in [0.15, 0.2) is 0 Å². The summed E-state index contributed by atoms with van der Waals surface area (Å²) in [5.41, 5.74) is 1.75. The number of benzene rings is 2. The van der Waals surface area contributed by atoms with E-state index in [1.165, 1.54) is 17.3 Å². The molecule has 0 saturated carbocycles. The van der Waals surface area contributed by atoms with E-state index >= 15 is 0 Å². The van der Waals surface area contributed by atoms with Gasteiger partial charge in [0.2, 0.25) is 5.91 Å². The highest BCUT2D eigenvalue weighted by molar-refractivity contribution is 6.22. The molecule has 1 aliphatic rings. The van der Waals surface area contributed by atoms with E-state index < -0.39 is 17.7 Å². The maximum atomic E-state index is 12.4. The van der Waals surface area contributed by atoms with E-state index in [0.29, 0.717) is 22.5 Å². The summed E-state index contributed by atoms with van der Waals surface area (Å²) in [6.07, 6.45) is 2.90. The van der Waals surface area contributed by atoms with Gasteiger partial charge in [0.05, 0.1) is 22.5 Å². The molecule has 2 heterocycles. The number of carbonyl (C=O) groups is 3. The van der Waals surface area contributed by atoms with Gasteiger partial charge >= 0.3 is 0 Å². The van der Waals surface area contributed by atoms with E-state index in [0.717, 1.165) is 4.90 Å². The Balaban J connectivity index is 1.53. The minimum absolute atomic E-state index is 0.313. The minimum atomic E-state index is -0.480. The summed E-state index contributed by atoms with van der Waals surface area (Å²) in [7, 11) is 0. The lowest BCUT2D eigenvalue weighted by molar-refractivity contribution is -0.116.